The summed E-state index contributed by atoms with van der Waals surface area (Å²) in [5.41, 5.74) is -0.906. The van der Waals surface area contributed by atoms with Gasteiger partial charge in [0.25, 0.3) is 11.6 Å². The van der Waals surface area contributed by atoms with Crippen molar-refractivity contribution >= 4 is 12.1 Å². The van der Waals surface area contributed by atoms with Gasteiger partial charge < -0.3 is 0 Å². The molecule has 1 heterocycles. The highest BCUT2D eigenvalue weighted by Crippen LogP contribution is 2.30. The molecule has 0 fully saturated rings. The fraction of sp³-hybridized carbons (Fsp3) is 0.231. The molecule has 0 bridgehead atoms. The number of amides is 1. The van der Waals surface area contributed by atoms with Gasteiger partial charge in [0.1, 0.15) is 6.21 Å². The van der Waals surface area contributed by atoms with Crippen LogP contribution in [0.4, 0.5) is 13.2 Å². The SMILES string of the molecule is O=C1N=CC([N+](=O)[O-])=CC1Cc1cccc(C(F)(F)F)c1. The van der Waals surface area contributed by atoms with Crippen molar-refractivity contribution < 1.29 is 22.9 Å². The quantitative estimate of drug-likeness (QED) is 0.636. The molecule has 1 aliphatic heterocycles. The van der Waals surface area contributed by atoms with E-state index in [1.807, 2.05) is 0 Å². The molecule has 0 saturated heterocycles. The van der Waals surface area contributed by atoms with Gasteiger partial charge in [0.2, 0.25) is 0 Å². The van der Waals surface area contributed by atoms with Crippen molar-refractivity contribution in [2.75, 3.05) is 0 Å². The highest BCUT2D eigenvalue weighted by Gasteiger charge is 2.31. The van der Waals surface area contributed by atoms with E-state index >= 15 is 0 Å². The number of allylic oxidation sites excluding steroid dienone is 1. The van der Waals surface area contributed by atoms with Crippen LogP contribution in [0.15, 0.2) is 41.0 Å². The van der Waals surface area contributed by atoms with Crippen LogP contribution >= 0.6 is 0 Å². The molecule has 110 valence electrons. The van der Waals surface area contributed by atoms with E-state index in [-0.39, 0.29) is 17.7 Å². The second kappa shape index (κ2) is 5.47. The van der Waals surface area contributed by atoms with Crippen LogP contribution in [-0.2, 0) is 17.4 Å². The van der Waals surface area contributed by atoms with Crippen molar-refractivity contribution in [2.24, 2.45) is 10.9 Å². The first kappa shape index (κ1) is 14.9. The van der Waals surface area contributed by atoms with Gasteiger partial charge >= 0.3 is 6.18 Å². The van der Waals surface area contributed by atoms with Crippen LogP contribution in [0.3, 0.4) is 0 Å². The highest BCUT2D eigenvalue weighted by atomic mass is 19.4. The summed E-state index contributed by atoms with van der Waals surface area (Å²) in [5, 5.41) is 10.6. The number of nitrogens with zero attached hydrogens (tertiary/aromatic N) is 2. The number of benzene rings is 1. The Bertz CT molecular complexity index is 650. The molecule has 2 rings (SSSR count). The molecule has 0 spiro atoms. The van der Waals surface area contributed by atoms with Crippen LogP contribution in [0.25, 0.3) is 0 Å². The Morgan fingerprint density at radius 3 is 2.67 bits per heavy atom. The van der Waals surface area contributed by atoms with E-state index in [1.54, 1.807) is 0 Å². The number of halogens is 3. The average Bonchev–Trinajstić information content (AvgIpc) is 2.40. The zero-order valence-corrected chi connectivity index (χ0v) is 10.5. The first-order chi connectivity index (χ1) is 9.77. The van der Waals surface area contributed by atoms with Gasteiger partial charge in [-0.1, -0.05) is 18.2 Å². The molecule has 0 aromatic heterocycles. The zero-order chi connectivity index (χ0) is 15.6. The van der Waals surface area contributed by atoms with Crippen molar-refractivity contribution in [1.82, 2.24) is 0 Å². The predicted octanol–water partition coefficient (Wildman–Crippen LogP) is 2.64. The minimum atomic E-state index is -4.48. The lowest BCUT2D eigenvalue weighted by Crippen LogP contribution is -2.20. The van der Waals surface area contributed by atoms with Gasteiger partial charge in [-0.05, 0) is 18.1 Å². The molecule has 1 amide bonds. The van der Waals surface area contributed by atoms with E-state index in [0.29, 0.717) is 0 Å². The van der Waals surface area contributed by atoms with Crippen LogP contribution in [0, 0.1) is 16.0 Å². The third kappa shape index (κ3) is 3.53. The van der Waals surface area contributed by atoms with Gasteiger partial charge in [-0.3, -0.25) is 14.9 Å². The number of nitro groups is 1. The standard InChI is InChI=1S/C13H9F3N2O3/c14-13(15,16)10-3-1-2-8(5-10)4-9-6-11(18(20)21)7-17-12(9)19/h1-3,5-7,9H,4H2. The summed E-state index contributed by atoms with van der Waals surface area (Å²) in [5.74, 6) is -1.54. The minimum absolute atomic E-state index is 0.0720. The maximum Gasteiger partial charge on any atom is 0.416 e. The van der Waals surface area contributed by atoms with Crippen LogP contribution in [0.2, 0.25) is 0 Å². The number of alkyl halides is 3. The zero-order valence-electron chi connectivity index (χ0n) is 10.5. The molecule has 1 atom stereocenters. The fourth-order valence-corrected chi connectivity index (χ4v) is 1.93. The molecule has 1 aromatic rings. The molecule has 0 saturated carbocycles. The lowest BCUT2D eigenvalue weighted by Gasteiger charge is -2.13. The van der Waals surface area contributed by atoms with Crippen LogP contribution in [-0.4, -0.2) is 17.0 Å². The molecular formula is C13H9F3N2O3. The fourth-order valence-electron chi connectivity index (χ4n) is 1.93. The van der Waals surface area contributed by atoms with Gasteiger partial charge in [0, 0.05) is 6.08 Å². The number of carbonyl (C=O) groups is 1. The molecule has 1 aliphatic rings. The summed E-state index contributed by atoms with van der Waals surface area (Å²) in [4.78, 5) is 24.9. The number of carbonyl (C=O) groups excluding carboxylic acids is 1. The monoisotopic (exact) mass is 298 g/mol. The molecule has 0 N–H and O–H groups in total. The molecule has 0 radical (unpaired) electrons. The molecule has 1 unspecified atom stereocenters. The maximum absolute atomic E-state index is 12.6. The largest absolute Gasteiger partial charge is 0.416 e. The number of aliphatic imine (C=N–C) groups is 1. The lowest BCUT2D eigenvalue weighted by molar-refractivity contribution is -0.414. The summed E-state index contributed by atoms with van der Waals surface area (Å²) in [6.07, 6.45) is -2.61. The number of hydrogen-bond acceptors (Lipinski definition) is 3. The third-order valence-corrected chi connectivity index (χ3v) is 2.93. The average molecular weight is 298 g/mol. The van der Waals surface area contributed by atoms with Crippen molar-refractivity contribution in [3.8, 4) is 0 Å². The first-order valence-corrected chi connectivity index (χ1v) is 5.87. The van der Waals surface area contributed by atoms with Gasteiger partial charge in [-0.25, -0.2) is 4.99 Å². The molecule has 1 aromatic carbocycles. The molecule has 0 aliphatic carbocycles. The van der Waals surface area contributed by atoms with Crippen molar-refractivity contribution in [2.45, 2.75) is 12.6 Å². The Hall–Kier alpha value is -2.51. The van der Waals surface area contributed by atoms with Gasteiger partial charge in [0.05, 0.1) is 16.4 Å². The Balaban J connectivity index is 2.24. The summed E-state index contributed by atoms with van der Waals surface area (Å²) >= 11 is 0. The maximum atomic E-state index is 12.6. The second-order valence-corrected chi connectivity index (χ2v) is 4.45. The summed E-state index contributed by atoms with van der Waals surface area (Å²) < 4.78 is 37.8. The number of hydrogen-bond donors (Lipinski definition) is 0. The van der Waals surface area contributed by atoms with Crippen molar-refractivity contribution in [3.05, 3.63) is 57.3 Å². The van der Waals surface area contributed by atoms with Crippen LogP contribution in [0.1, 0.15) is 11.1 Å². The second-order valence-electron chi connectivity index (χ2n) is 4.45. The van der Waals surface area contributed by atoms with Gasteiger partial charge in [0.15, 0.2) is 0 Å². The predicted molar refractivity (Wildman–Crippen MR) is 67.2 cm³/mol. The minimum Gasteiger partial charge on any atom is -0.272 e. The Morgan fingerprint density at radius 2 is 2.05 bits per heavy atom. The summed E-state index contributed by atoms with van der Waals surface area (Å²) in [7, 11) is 0. The number of dihydropyridines is 1. The lowest BCUT2D eigenvalue weighted by atomic mass is 9.95. The first-order valence-electron chi connectivity index (χ1n) is 5.87. The molecule has 5 nitrogen and oxygen atoms in total. The van der Waals surface area contributed by atoms with E-state index in [2.05, 4.69) is 4.99 Å². The van der Waals surface area contributed by atoms with Crippen LogP contribution in [0.5, 0.6) is 0 Å². The summed E-state index contributed by atoms with van der Waals surface area (Å²) in [6.45, 7) is 0. The highest BCUT2D eigenvalue weighted by molar-refractivity contribution is 5.96. The molecular weight excluding hydrogens is 289 g/mol. The van der Waals surface area contributed by atoms with Crippen molar-refractivity contribution in [1.29, 1.82) is 0 Å². The Kier molecular flexibility index (Phi) is 3.88. The smallest absolute Gasteiger partial charge is 0.272 e. The molecule has 8 heteroatoms. The van der Waals surface area contributed by atoms with Gasteiger partial charge in [-0.15, -0.1) is 0 Å². The Morgan fingerprint density at radius 1 is 1.33 bits per heavy atom. The van der Waals surface area contributed by atoms with Gasteiger partial charge in [-0.2, -0.15) is 13.2 Å². The van der Waals surface area contributed by atoms with E-state index in [4.69, 9.17) is 0 Å². The number of rotatable bonds is 3. The Labute approximate surface area is 116 Å². The molecule has 21 heavy (non-hydrogen) atoms. The summed E-state index contributed by atoms with van der Waals surface area (Å²) in [6, 6.07) is 4.50. The van der Waals surface area contributed by atoms with E-state index in [9.17, 15) is 28.1 Å². The topological polar surface area (TPSA) is 72.6 Å². The van der Waals surface area contributed by atoms with Crippen molar-refractivity contribution in [3.63, 3.8) is 0 Å². The normalized spacial score (nSPS) is 18.5. The van der Waals surface area contributed by atoms with E-state index < -0.39 is 28.5 Å². The van der Waals surface area contributed by atoms with E-state index in [1.165, 1.54) is 12.1 Å². The van der Waals surface area contributed by atoms with Crippen LogP contribution < -0.4 is 0 Å². The van der Waals surface area contributed by atoms with E-state index in [0.717, 1.165) is 24.4 Å². The third-order valence-electron chi connectivity index (χ3n) is 2.93.